The molecule has 28 heavy (non-hydrogen) atoms. The highest BCUT2D eigenvalue weighted by Crippen LogP contribution is 2.30. The van der Waals surface area contributed by atoms with Gasteiger partial charge in [-0.2, -0.15) is 5.26 Å². The average Bonchev–Trinajstić information content (AvgIpc) is 2.74. The van der Waals surface area contributed by atoms with Crippen LogP contribution in [0.5, 0.6) is 11.5 Å². The molecule has 0 unspecified atom stereocenters. The summed E-state index contributed by atoms with van der Waals surface area (Å²) in [5.74, 6) is -0.413. The van der Waals surface area contributed by atoms with Crippen LogP contribution in [-0.2, 0) is 0 Å². The van der Waals surface area contributed by atoms with Gasteiger partial charge in [-0.1, -0.05) is 42.5 Å². The molecule has 0 aliphatic heterocycles. The van der Waals surface area contributed by atoms with E-state index in [-0.39, 0.29) is 16.9 Å². The molecular weight excluding hydrogens is 357 g/mol. The van der Waals surface area contributed by atoms with Gasteiger partial charge in [-0.25, -0.2) is 9.18 Å². The standard InChI is InChI=1S/C23H16FNO3/c1-27-22-14-16(13-18(15-25)19-9-5-6-10-20(19)24)11-12-21(22)28-23(26)17-7-3-2-4-8-17/h2-14H,1H3/b18-13-. The van der Waals surface area contributed by atoms with Gasteiger partial charge in [-0.05, 0) is 42.0 Å². The van der Waals surface area contributed by atoms with Crippen LogP contribution in [0.15, 0.2) is 72.8 Å². The van der Waals surface area contributed by atoms with Crippen molar-refractivity contribution in [3.05, 3.63) is 95.3 Å². The zero-order valence-corrected chi connectivity index (χ0v) is 15.1. The topological polar surface area (TPSA) is 59.3 Å². The molecule has 0 aliphatic carbocycles. The number of methoxy groups -OCH3 is 1. The Labute approximate surface area is 162 Å². The number of hydrogen-bond acceptors (Lipinski definition) is 4. The molecule has 0 N–H and O–H groups in total. The first kappa shape index (κ1) is 18.9. The second-order valence-corrected chi connectivity index (χ2v) is 5.82. The molecule has 0 fully saturated rings. The van der Waals surface area contributed by atoms with Crippen LogP contribution in [0.1, 0.15) is 21.5 Å². The van der Waals surface area contributed by atoms with Crippen molar-refractivity contribution < 1.29 is 18.7 Å². The molecule has 5 heteroatoms. The number of nitrogens with zero attached hydrogens (tertiary/aromatic N) is 1. The first-order valence-corrected chi connectivity index (χ1v) is 8.44. The van der Waals surface area contributed by atoms with Crippen molar-refractivity contribution in [2.75, 3.05) is 7.11 Å². The minimum Gasteiger partial charge on any atom is -0.493 e. The molecule has 0 bridgehead atoms. The Balaban J connectivity index is 1.90. The number of rotatable bonds is 5. The van der Waals surface area contributed by atoms with E-state index in [0.717, 1.165) is 0 Å². The molecule has 0 atom stereocenters. The van der Waals surface area contributed by atoms with Crippen molar-refractivity contribution >= 4 is 17.6 Å². The molecule has 0 aliphatic rings. The molecule has 3 aromatic rings. The number of carbonyl (C=O) groups is 1. The predicted molar refractivity (Wildman–Crippen MR) is 104 cm³/mol. The Morgan fingerprint density at radius 1 is 1.00 bits per heavy atom. The summed E-state index contributed by atoms with van der Waals surface area (Å²) in [6.45, 7) is 0. The zero-order valence-electron chi connectivity index (χ0n) is 15.1. The summed E-state index contributed by atoms with van der Waals surface area (Å²) < 4.78 is 24.7. The van der Waals surface area contributed by atoms with Gasteiger partial charge in [-0.3, -0.25) is 0 Å². The number of benzene rings is 3. The smallest absolute Gasteiger partial charge is 0.343 e. The van der Waals surface area contributed by atoms with Crippen LogP contribution in [0.2, 0.25) is 0 Å². The molecule has 0 spiro atoms. The summed E-state index contributed by atoms with van der Waals surface area (Å²) in [6, 6.07) is 21.5. The summed E-state index contributed by atoms with van der Waals surface area (Å²) >= 11 is 0. The van der Waals surface area contributed by atoms with Crippen LogP contribution in [-0.4, -0.2) is 13.1 Å². The maximum Gasteiger partial charge on any atom is 0.343 e. The quantitative estimate of drug-likeness (QED) is 0.270. The number of nitriles is 1. The van der Waals surface area contributed by atoms with Crippen molar-refractivity contribution in [3.8, 4) is 17.6 Å². The Kier molecular flexibility index (Phi) is 5.83. The van der Waals surface area contributed by atoms with E-state index in [1.54, 1.807) is 66.7 Å². The van der Waals surface area contributed by atoms with E-state index < -0.39 is 11.8 Å². The monoisotopic (exact) mass is 373 g/mol. The van der Waals surface area contributed by atoms with Crippen LogP contribution in [0.3, 0.4) is 0 Å². The molecule has 0 heterocycles. The number of ether oxygens (including phenoxy) is 2. The first-order valence-electron chi connectivity index (χ1n) is 8.44. The van der Waals surface area contributed by atoms with E-state index in [4.69, 9.17) is 9.47 Å². The molecule has 3 aromatic carbocycles. The third-order valence-corrected chi connectivity index (χ3v) is 4.00. The minimum absolute atomic E-state index is 0.175. The summed E-state index contributed by atoms with van der Waals surface area (Å²) in [6.07, 6.45) is 1.55. The summed E-state index contributed by atoms with van der Waals surface area (Å²) in [5.41, 5.74) is 1.41. The minimum atomic E-state index is -0.508. The third-order valence-electron chi connectivity index (χ3n) is 4.00. The lowest BCUT2D eigenvalue weighted by Gasteiger charge is -2.10. The van der Waals surface area contributed by atoms with Crippen molar-refractivity contribution in [1.82, 2.24) is 0 Å². The average molecular weight is 373 g/mol. The van der Waals surface area contributed by atoms with Gasteiger partial charge in [0.2, 0.25) is 0 Å². The van der Waals surface area contributed by atoms with E-state index >= 15 is 0 Å². The van der Waals surface area contributed by atoms with E-state index in [1.165, 1.54) is 19.2 Å². The number of carbonyl (C=O) groups excluding carboxylic acids is 1. The van der Waals surface area contributed by atoms with Crippen LogP contribution in [0.25, 0.3) is 11.6 Å². The predicted octanol–water partition coefficient (Wildman–Crippen LogP) is 5.12. The highest BCUT2D eigenvalue weighted by atomic mass is 19.1. The Morgan fingerprint density at radius 3 is 2.39 bits per heavy atom. The number of hydrogen-bond donors (Lipinski definition) is 0. The van der Waals surface area contributed by atoms with Gasteiger partial charge in [0.1, 0.15) is 5.82 Å². The van der Waals surface area contributed by atoms with Crippen LogP contribution >= 0.6 is 0 Å². The third kappa shape index (κ3) is 4.25. The second-order valence-electron chi connectivity index (χ2n) is 5.82. The van der Waals surface area contributed by atoms with Crippen molar-refractivity contribution in [2.45, 2.75) is 0 Å². The maximum atomic E-state index is 14.0. The molecule has 0 saturated carbocycles. The normalized spacial score (nSPS) is 10.8. The van der Waals surface area contributed by atoms with Gasteiger partial charge in [0, 0.05) is 5.56 Å². The molecule has 0 radical (unpaired) electrons. The van der Waals surface area contributed by atoms with Gasteiger partial charge in [0.25, 0.3) is 0 Å². The van der Waals surface area contributed by atoms with Crippen LogP contribution in [0, 0.1) is 17.1 Å². The molecule has 0 amide bonds. The van der Waals surface area contributed by atoms with Gasteiger partial charge >= 0.3 is 5.97 Å². The highest BCUT2D eigenvalue weighted by Gasteiger charge is 2.13. The largest absolute Gasteiger partial charge is 0.493 e. The van der Waals surface area contributed by atoms with Crippen molar-refractivity contribution in [3.63, 3.8) is 0 Å². The Hall–Kier alpha value is -3.91. The molecule has 4 nitrogen and oxygen atoms in total. The molecule has 0 aromatic heterocycles. The zero-order chi connectivity index (χ0) is 19.9. The first-order chi connectivity index (χ1) is 13.6. The van der Waals surface area contributed by atoms with Gasteiger partial charge < -0.3 is 9.47 Å². The van der Waals surface area contributed by atoms with Crippen molar-refractivity contribution in [2.24, 2.45) is 0 Å². The summed E-state index contributed by atoms with van der Waals surface area (Å²) in [5, 5.41) is 9.41. The van der Waals surface area contributed by atoms with E-state index in [1.807, 2.05) is 6.07 Å². The van der Waals surface area contributed by atoms with Crippen LogP contribution < -0.4 is 9.47 Å². The van der Waals surface area contributed by atoms with Gasteiger partial charge in [-0.15, -0.1) is 0 Å². The molecule has 3 rings (SSSR count). The van der Waals surface area contributed by atoms with Crippen molar-refractivity contribution in [1.29, 1.82) is 5.26 Å². The fourth-order valence-electron chi connectivity index (χ4n) is 2.61. The summed E-state index contributed by atoms with van der Waals surface area (Å²) in [7, 11) is 1.45. The Morgan fingerprint density at radius 2 is 1.71 bits per heavy atom. The SMILES string of the molecule is COc1cc(/C=C(/C#N)c2ccccc2F)ccc1OC(=O)c1ccccc1. The highest BCUT2D eigenvalue weighted by molar-refractivity contribution is 5.92. The van der Waals surface area contributed by atoms with Gasteiger partial charge in [0.05, 0.1) is 24.3 Å². The molecule has 0 saturated heterocycles. The molecule has 138 valence electrons. The number of halogens is 1. The van der Waals surface area contributed by atoms with Crippen LogP contribution in [0.4, 0.5) is 4.39 Å². The van der Waals surface area contributed by atoms with Gasteiger partial charge in [0.15, 0.2) is 11.5 Å². The van der Waals surface area contributed by atoms with E-state index in [0.29, 0.717) is 16.9 Å². The fourth-order valence-corrected chi connectivity index (χ4v) is 2.61. The second kappa shape index (κ2) is 8.65. The van der Waals surface area contributed by atoms with E-state index in [9.17, 15) is 14.4 Å². The lowest BCUT2D eigenvalue weighted by atomic mass is 10.0. The maximum absolute atomic E-state index is 14.0. The lowest BCUT2D eigenvalue weighted by molar-refractivity contribution is 0.0729. The number of allylic oxidation sites excluding steroid dienone is 1. The Bertz CT molecular complexity index is 1070. The molecular formula is C23H16FNO3. The lowest BCUT2D eigenvalue weighted by Crippen LogP contribution is -2.09. The number of esters is 1. The van der Waals surface area contributed by atoms with E-state index in [2.05, 4.69) is 0 Å². The summed E-state index contributed by atoms with van der Waals surface area (Å²) in [4.78, 5) is 12.2. The fraction of sp³-hybridized carbons (Fsp3) is 0.0435.